The number of nitrogens with zero attached hydrogens (tertiary/aromatic N) is 1. The van der Waals surface area contributed by atoms with Crippen molar-refractivity contribution in [2.75, 3.05) is 26.8 Å². The predicted octanol–water partition coefficient (Wildman–Crippen LogP) is 0.759. The lowest BCUT2D eigenvalue weighted by Gasteiger charge is -2.17. The molecule has 0 atom stereocenters. The number of benzene rings is 1. The Kier molecular flexibility index (Phi) is 5.59. The lowest BCUT2D eigenvalue weighted by Crippen LogP contribution is -2.30. The van der Waals surface area contributed by atoms with Crippen molar-refractivity contribution in [3.05, 3.63) is 35.6 Å². The van der Waals surface area contributed by atoms with E-state index in [0.29, 0.717) is 19.7 Å². The molecule has 5 heteroatoms. The minimum atomic E-state index is -0.283. The number of nitrogens with two attached hydrogens (primary N) is 1. The third kappa shape index (κ3) is 4.93. The zero-order valence-electron chi connectivity index (χ0n) is 9.86. The van der Waals surface area contributed by atoms with Crippen LogP contribution in [0, 0.1) is 5.82 Å². The summed E-state index contributed by atoms with van der Waals surface area (Å²) in [6.45, 7) is 1.23. The van der Waals surface area contributed by atoms with E-state index in [1.165, 1.54) is 17.0 Å². The molecule has 17 heavy (non-hydrogen) atoms. The zero-order chi connectivity index (χ0) is 12.7. The number of hydrogen-bond donors (Lipinski definition) is 1. The molecule has 0 saturated carbocycles. The number of carbonyl (C=O) groups excluding carboxylic acids is 1. The Morgan fingerprint density at radius 3 is 2.65 bits per heavy atom. The van der Waals surface area contributed by atoms with Gasteiger partial charge in [-0.2, -0.15) is 0 Å². The van der Waals surface area contributed by atoms with Crippen LogP contribution in [0.5, 0.6) is 0 Å². The van der Waals surface area contributed by atoms with Crippen LogP contribution in [-0.4, -0.2) is 37.6 Å². The fraction of sp³-hybridized carbons (Fsp3) is 0.417. The first-order valence-electron chi connectivity index (χ1n) is 5.39. The molecule has 1 aromatic carbocycles. The van der Waals surface area contributed by atoms with Gasteiger partial charge in [0.05, 0.1) is 6.61 Å². The molecule has 4 nitrogen and oxygen atoms in total. The monoisotopic (exact) mass is 240 g/mol. The summed E-state index contributed by atoms with van der Waals surface area (Å²) in [4.78, 5) is 13.1. The van der Waals surface area contributed by atoms with E-state index < -0.39 is 0 Å². The predicted molar refractivity (Wildman–Crippen MR) is 62.7 cm³/mol. The lowest BCUT2D eigenvalue weighted by atomic mass is 10.2. The Labute approximate surface area is 100 Å². The summed E-state index contributed by atoms with van der Waals surface area (Å²) in [5, 5.41) is 0. The van der Waals surface area contributed by atoms with Gasteiger partial charge in [0.25, 0.3) is 0 Å². The second-order valence-electron chi connectivity index (χ2n) is 3.72. The van der Waals surface area contributed by atoms with Gasteiger partial charge in [-0.3, -0.25) is 4.79 Å². The van der Waals surface area contributed by atoms with Gasteiger partial charge in [0, 0.05) is 20.1 Å². The Hall–Kier alpha value is -1.46. The van der Waals surface area contributed by atoms with Crippen molar-refractivity contribution in [2.24, 2.45) is 5.73 Å². The van der Waals surface area contributed by atoms with Crippen LogP contribution in [-0.2, 0) is 16.1 Å². The van der Waals surface area contributed by atoms with Crippen LogP contribution >= 0.6 is 0 Å². The van der Waals surface area contributed by atoms with Crippen LogP contribution in [0.1, 0.15) is 5.56 Å². The number of ether oxygens (including phenoxy) is 1. The molecule has 94 valence electrons. The van der Waals surface area contributed by atoms with Crippen molar-refractivity contribution in [1.29, 1.82) is 0 Å². The minimum Gasteiger partial charge on any atom is -0.370 e. The van der Waals surface area contributed by atoms with Crippen LogP contribution < -0.4 is 5.73 Å². The highest BCUT2D eigenvalue weighted by atomic mass is 19.1. The van der Waals surface area contributed by atoms with E-state index in [1.54, 1.807) is 19.2 Å². The molecule has 0 aromatic heterocycles. The minimum absolute atomic E-state index is 0.0227. The summed E-state index contributed by atoms with van der Waals surface area (Å²) in [5.41, 5.74) is 6.12. The smallest absolute Gasteiger partial charge is 0.248 e. The molecule has 1 amide bonds. The van der Waals surface area contributed by atoms with Crippen LogP contribution in [0.15, 0.2) is 24.3 Å². The summed E-state index contributed by atoms with van der Waals surface area (Å²) in [5.74, 6) is -0.406. The molecule has 1 aromatic rings. The van der Waals surface area contributed by atoms with E-state index in [2.05, 4.69) is 0 Å². The normalized spacial score (nSPS) is 10.3. The number of hydrogen-bond acceptors (Lipinski definition) is 3. The third-order valence-corrected chi connectivity index (χ3v) is 2.25. The molecule has 0 aliphatic carbocycles. The van der Waals surface area contributed by atoms with Gasteiger partial charge in [0.15, 0.2) is 0 Å². The van der Waals surface area contributed by atoms with Crippen molar-refractivity contribution < 1.29 is 13.9 Å². The number of amides is 1. The standard InChI is InChI=1S/C12H17FN2O2/c1-15(12(16)9-17-7-6-14)8-10-2-4-11(13)5-3-10/h2-5H,6-9,14H2,1H3. The van der Waals surface area contributed by atoms with Gasteiger partial charge in [-0.15, -0.1) is 0 Å². The van der Waals surface area contributed by atoms with Gasteiger partial charge in [-0.05, 0) is 17.7 Å². The quantitative estimate of drug-likeness (QED) is 0.747. The maximum Gasteiger partial charge on any atom is 0.248 e. The molecule has 0 aliphatic heterocycles. The van der Waals surface area contributed by atoms with E-state index in [4.69, 9.17) is 10.5 Å². The number of carbonyl (C=O) groups is 1. The molecule has 0 saturated heterocycles. The van der Waals surface area contributed by atoms with E-state index >= 15 is 0 Å². The average Bonchev–Trinajstić information content (AvgIpc) is 2.32. The van der Waals surface area contributed by atoms with Gasteiger partial charge in [0.2, 0.25) is 5.91 Å². The van der Waals surface area contributed by atoms with E-state index in [0.717, 1.165) is 5.56 Å². The summed E-state index contributed by atoms with van der Waals surface area (Å²) in [7, 11) is 1.68. The Morgan fingerprint density at radius 2 is 2.06 bits per heavy atom. The van der Waals surface area contributed by atoms with Crippen LogP contribution in [0.3, 0.4) is 0 Å². The SMILES string of the molecule is CN(Cc1ccc(F)cc1)C(=O)COCCN. The molecule has 1 rings (SSSR count). The second kappa shape index (κ2) is 6.98. The first kappa shape index (κ1) is 13.6. The van der Waals surface area contributed by atoms with Crippen molar-refractivity contribution in [1.82, 2.24) is 4.90 Å². The molecule has 0 fully saturated rings. The Bertz CT molecular complexity index is 354. The Balaban J connectivity index is 2.40. The van der Waals surface area contributed by atoms with Gasteiger partial charge in [-0.25, -0.2) is 4.39 Å². The van der Waals surface area contributed by atoms with E-state index in [-0.39, 0.29) is 18.3 Å². The fourth-order valence-corrected chi connectivity index (χ4v) is 1.30. The molecule has 0 radical (unpaired) electrons. The maximum absolute atomic E-state index is 12.7. The molecule has 0 aliphatic rings. The molecule has 2 N–H and O–H groups in total. The number of halogens is 1. The third-order valence-electron chi connectivity index (χ3n) is 2.25. The summed E-state index contributed by atoms with van der Waals surface area (Å²) >= 11 is 0. The molecule has 0 unspecified atom stereocenters. The second-order valence-corrected chi connectivity index (χ2v) is 3.72. The molecule has 0 heterocycles. The Morgan fingerprint density at radius 1 is 1.41 bits per heavy atom. The molecular weight excluding hydrogens is 223 g/mol. The number of likely N-dealkylation sites (N-methyl/N-ethyl adjacent to an activating group) is 1. The van der Waals surface area contributed by atoms with Crippen LogP contribution in [0.25, 0.3) is 0 Å². The summed E-state index contributed by atoms with van der Waals surface area (Å²) in [6, 6.07) is 6.05. The largest absolute Gasteiger partial charge is 0.370 e. The topological polar surface area (TPSA) is 55.6 Å². The number of rotatable bonds is 6. The first-order chi connectivity index (χ1) is 8.13. The first-order valence-corrected chi connectivity index (χ1v) is 5.39. The van der Waals surface area contributed by atoms with Crippen LogP contribution in [0.4, 0.5) is 4.39 Å². The maximum atomic E-state index is 12.7. The highest BCUT2D eigenvalue weighted by molar-refractivity contribution is 5.77. The molecular formula is C12H17FN2O2. The van der Waals surface area contributed by atoms with E-state index in [9.17, 15) is 9.18 Å². The lowest BCUT2D eigenvalue weighted by molar-refractivity contribution is -0.135. The van der Waals surface area contributed by atoms with E-state index in [1.807, 2.05) is 0 Å². The molecule has 0 bridgehead atoms. The highest BCUT2D eigenvalue weighted by Gasteiger charge is 2.09. The summed E-state index contributed by atoms with van der Waals surface area (Å²) in [6.07, 6.45) is 0. The van der Waals surface area contributed by atoms with Crippen molar-refractivity contribution in [3.8, 4) is 0 Å². The van der Waals surface area contributed by atoms with Gasteiger partial charge >= 0.3 is 0 Å². The van der Waals surface area contributed by atoms with Gasteiger partial charge < -0.3 is 15.4 Å². The fourth-order valence-electron chi connectivity index (χ4n) is 1.30. The van der Waals surface area contributed by atoms with Crippen molar-refractivity contribution in [3.63, 3.8) is 0 Å². The highest BCUT2D eigenvalue weighted by Crippen LogP contribution is 2.05. The zero-order valence-corrected chi connectivity index (χ0v) is 9.86. The molecule has 0 spiro atoms. The van der Waals surface area contributed by atoms with Crippen LogP contribution in [0.2, 0.25) is 0 Å². The summed E-state index contributed by atoms with van der Waals surface area (Å²) < 4.78 is 17.7. The van der Waals surface area contributed by atoms with Gasteiger partial charge in [-0.1, -0.05) is 12.1 Å². The van der Waals surface area contributed by atoms with Crippen molar-refractivity contribution in [2.45, 2.75) is 6.54 Å². The average molecular weight is 240 g/mol. The van der Waals surface area contributed by atoms with Gasteiger partial charge in [0.1, 0.15) is 12.4 Å². The van der Waals surface area contributed by atoms with Crippen molar-refractivity contribution >= 4 is 5.91 Å².